The van der Waals surface area contributed by atoms with Crippen molar-refractivity contribution in [2.24, 2.45) is 5.92 Å². The van der Waals surface area contributed by atoms with Gasteiger partial charge in [0.25, 0.3) is 5.56 Å². The first-order valence-electron chi connectivity index (χ1n) is 10.2. The first-order valence-corrected chi connectivity index (χ1v) is 11.6. The summed E-state index contributed by atoms with van der Waals surface area (Å²) < 4.78 is 34.9. The van der Waals surface area contributed by atoms with E-state index in [9.17, 15) is 13.2 Å². The molecule has 2 heterocycles. The lowest BCUT2D eigenvalue weighted by Gasteiger charge is -2.31. The van der Waals surface area contributed by atoms with E-state index in [1.807, 2.05) is 25.1 Å². The average Bonchev–Trinajstić information content (AvgIpc) is 2.77. The second-order valence-corrected chi connectivity index (χ2v) is 9.35. The average molecular weight is 428 g/mol. The van der Waals surface area contributed by atoms with Gasteiger partial charge in [-0.3, -0.25) is 9.36 Å². The molecule has 0 N–H and O–H groups in total. The van der Waals surface area contributed by atoms with Gasteiger partial charge >= 0.3 is 0 Å². The lowest BCUT2D eigenvalue weighted by Crippen LogP contribution is -2.40. The van der Waals surface area contributed by atoms with Crippen LogP contribution in [0.4, 0.5) is 0 Å². The van der Waals surface area contributed by atoms with Crippen molar-refractivity contribution in [1.82, 2.24) is 13.9 Å². The second kappa shape index (κ2) is 8.57. The summed E-state index contributed by atoms with van der Waals surface area (Å²) in [5, 5.41) is 0.604. The smallest absolute Gasteiger partial charge is 0.261 e. The molecule has 1 saturated heterocycles. The largest absolute Gasteiger partial charge is 0.492 e. The minimum atomic E-state index is -3.62. The summed E-state index contributed by atoms with van der Waals surface area (Å²) in [4.78, 5) is 17.3. The van der Waals surface area contributed by atoms with Crippen molar-refractivity contribution in [1.29, 1.82) is 0 Å². The van der Waals surface area contributed by atoms with Crippen molar-refractivity contribution < 1.29 is 13.2 Å². The molecule has 0 unspecified atom stereocenters. The van der Waals surface area contributed by atoms with Gasteiger partial charge < -0.3 is 4.74 Å². The van der Waals surface area contributed by atoms with Crippen molar-refractivity contribution >= 4 is 20.9 Å². The molecule has 0 amide bonds. The maximum absolute atomic E-state index is 13.1. The number of rotatable bonds is 6. The maximum atomic E-state index is 13.1. The Kier molecular flexibility index (Phi) is 5.87. The fourth-order valence-corrected chi connectivity index (χ4v) is 5.53. The van der Waals surface area contributed by atoms with Crippen molar-refractivity contribution in [2.45, 2.75) is 31.2 Å². The number of hydrogen-bond donors (Lipinski definition) is 0. The number of nitrogens with zero attached hydrogens (tertiary/aromatic N) is 3. The van der Waals surface area contributed by atoms with Crippen LogP contribution >= 0.6 is 0 Å². The SMILES string of the molecule is CCOc1ccccc1S(=O)(=O)N1CCC(Cn2cnc3ccccc3c2=O)CC1. The van der Waals surface area contributed by atoms with Crippen LogP contribution in [0.1, 0.15) is 19.8 Å². The minimum absolute atomic E-state index is 0.0544. The molecule has 8 heteroatoms. The third kappa shape index (κ3) is 3.97. The summed E-state index contributed by atoms with van der Waals surface area (Å²) in [5.41, 5.74) is 0.633. The van der Waals surface area contributed by atoms with E-state index < -0.39 is 10.0 Å². The minimum Gasteiger partial charge on any atom is -0.492 e. The molecule has 0 aliphatic carbocycles. The summed E-state index contributed by atoms with van der Waals surface area (Å²) in [5.74, 6) is 0.607. The summed E-state index contributed by atoms with van der Waals surface area (Å²) in [6.45, 7) is 3.62. The van der Waals surface area contributed by atoms with Gasteiger partial charge in [-0.1, -0.05) is 24.3 Å². The lowest BCUT2D eigenvalue weighted by atomic mass is 9.98. The molecule has 0 saturated carbocycles. The highest BCUT2D eigenvalue weighted by molar-refractivity contribution is 7.89. The van der Waals surface area contributed by atoms with Crippen LogP contribution in [0.15, 0.2) is 64.5 Å². The fourth-order valence-electron chi connectivity index (χ4n) is 3.92. The molecule has 0 spiro atoms. The number of hydrogen-bond acceptors (Lipinski definition) is 5. The topological polar surface area (TPSA) is 81.5 Å². The molecule has 0 atom stereocenters. The van der Waals surface area contributed by atoms with Gasteiger partial charge in [0.1, 0.15) is 10.6 Å². The number of piperidine rings is 1. The first-order chi connectivity index (χ1) is 14.5. The van der Waals surface area contributed by atoms with Gasteiger partial charge in [0.05, 0.1) is 23.8 Å². The van der Waals surface area contributed by atoms with E-state index in [4.69, 9.17) is 4.74 Å². The molecule has 2 aromatic carbocycles. The zero-order chi connectivity index (χ0) is 21.1. The molecular weight excluding hydrogens is 402 g/mol. The monoisotopic (exact) mass is 427 g/mol. The summed E-state index contributed by atoms with van der Waals surface area (Å²) >= 11 is 0. The van der Waals surface area contributed by atoms with Crippen LogP contribution in [0, 0.1) is 5.92 Å². The second-order valence-electron chi connectivity index (χ2n) is 7.45. The Morgan fingerprint density at radius 2 is 1.77 bits per heavy atom. The molecule has 1 fully saturated rings. The van der Waals surface area contributed by atoms with Crippen LogP contribution < -0.4 is 10.3 Å². The highest BCUT2D eigenvalue weighted by atomic mass is 32.2. The van der Waals surface area contributed by atoms with Crippen LogP contribution in [0.3, 0.4) is 0 Å². The van der Waals surface area contributed by atoms with E-state index >= 15 is 0 Å². The van der Waals surface area contributed by atoms with Gasteiger partial charge in [0.2, 0.25) is 10.0 Å². The molecular formula is C22H25N3O4S. The molecule has 4 rings (SSSR count). The van der Waals surface area contributed by atoms with Crippen molar-refractivity contribution in [3.05, 3.63) is 65.2 Å². The van der Waals surface area contributed by atoms with Gasteiger partial charge in [-0.15, -0.1) is 0 Å². The summed E-state index contributed by atoms with van der Waals surface area (Å²) in [6.07, 6.45) is 2.97. The number of para-hydroxylation sites is 2. The molecule has 0 radical (unpaired) electrons. The van der Waals surface area contributed by atoms with Crippen molar-refractivity contribution in [3.63, 3.8) is 0 Å². The van der Waals surface area contributed by atoms with Crippen LogP contribution in [0.5, 0.6) is 5.75 Å². The van der Waals surface area contributed by atoms with Gasteiger partial charge in [-0.25, -0.2) is 13.4 Å². The normalized spacial score (nSPS) is 16.0. The Hall–Kier alpha value is -2.71. The number of sulfonamides is 1. The van der Waals surface area contributed by atoms with Crippen LogP contribution in [-0.2, 0) is 16.6 Å². The predicted molar refractivity (Wildman–Crippen MR) is 115 cm³/mol. The molecule has 1 aromatic heterocycles. The molecule has 1 aliphatic rings. The van der Waals surface area contributed by atoms with Gasteiger partial charge in [0, 0.05) is 19.6 Å². The fraction of sp³-hybridized carbons (Fsp3) is 0.364. The lowest BCUT2D eigenvalue weighted by molar-refractivity contribution is 0.250. The number of fused-ring (bicyclic) bond motifs is 1. The number of benzene rings is 2. The van der Waals surface area contributed by atoms with E-state index in [1.54, 1.807) is 41.2 Å². The molecule has 30 heavy (non-hydrogen) atoms. The van der Waals surface area contributed by atoms with Crippen molar-refractivity contribution in [3.8, 4) is 5.75 Å². The molecule has 0 bridgehead atoms. The summed E-state index contributed by atoms with van der Waals surface area (Å²) in [6, 6.07) is 14.1. The highest BCUT2D eigenvalue weighted by Crippen LogP contribution is 2.30. The Morgan fingerprint density at radius 3 is 2.53 bits per heavy atom. The van der Waals surface area contributed by atoms with Crippen LogP contribution in [0.2, 0.25) is 0 Å². The van der Waals surface area contributed by atoms with E-state index in [0.29, 0.717) is 55.7 Å². The third-order valence-corrected chi connectivity index (χ3v) is 7.46. The maximum Gasteiger partial charge on any atom is 0.261 e. The van der Waals surface area contributed by atoms with Gasteiger partial charge in [-0.2, -0.15) is 4.31 Å². The molecule has 1 aliphatic heterocycles. The van der Waals surface area contributed by atoms with E-state index in [-0.39, 0.29) is 16.4 Å². The van der Waals surface area contributed by atoms with Crippen LogP contribution in [0.25, 0.3) is 10.9 Å². The van der Waals surface area contributed by atoms with Crippen molar-refractivity contribution in [2.75, 3.05) is 19.7 Å². The third-order valence-electron chi connectivity index (χ3n) is 5.53. The Morgan fingerprint density at radius 1 is 1.07 bits per heavy atom. The van der Waals surface area contributed by atoms with E-state index in [1.165, 1.54) is 4.31 Å². The highest BCUT2D eigenvalue weighted by Gasteiger charge is 2.31. The quantitative estimate of drug-likeness (QED) is 0.604. The first kappa shape index (κ1) is 20.6. The van der Waals surface area contributed by atoms with Crippen LogP contribution in [-0.4, -0.2) is 42.0 Å². The number of aromatic nitrogens is 2. The summed E-state index contributed by atoms with van der Waals surface area (Å²) in [7, 11) is -3.62. The zero-order valence-electron chi connectivity index (χ0n) is 16.9. The Balaban J connectivity index is 1.47. The standard InChI is InChI=1S/C22H25N3O4S/c1-2-29-20-9-5-6-10-21(20)30(27,28)25-13-11-17(12-14-25)15-24-16-23-19-8-4-3-7-18(19)22(24)26/h3-10,16-17H,2,11-15H2,1H3. The van der Waals surface area contributed by atoms with E-state index in [0.717, 1.165) is 0 Å². The van der Waals surface area contributed by atoms with Gasteiger partial charge in [0.15, 0.2) is 0 Å². The molecule has 3 aromatic rings. The molecule has 158 valence electrons. The van der Waals surface area contributed by atoms with E-state index in [2.05, 4.69) is 4.98 Å². The predicted octanol–water partition coefficient (Wildman–Crippen LogP) is 2.90. The van der Waals surface area contributed by atoms with Gasteiger partial charge in [-0.05, 0) is 49.9 Å². The number of ether oxygens (including phenoxy) is 1. The Labute approximate surface area is 176 Å². The molecule has 7 nitrogen and oxygen atoms in total. The zero-order valence-corrected chi connectivity index (χ0v) is 17.7. The Bertz CT molecular complexity index is 1200.